The van der Waals surface area contributed by atoms with Crippen LogP contribution in [-0.4, -0.2) is 55.6 Å². The Morgan fingerprint density at radius 2 is 2.11 bits per heavy atom. The molecular formula is C12H19N5O2. The van der Waals surface area contributed by atoms with Crippen LogP contribution in [0.3, 0.4) is 0 Å². The van der Waals surface area contributed by atoms with Crippen molar-refractivity contribution >= 4 is 5.91 Å². The van der Waals surface area contributed by atoms with Gasteiger partial charge in [-0.05, 0) is 25.7 Å². The maximum absolute atomic E-state index is 12.5. The van der Waals surface area contributed by atoms with E-state index in [2.05, 4.69) is 10.3 Å². The van der Waals surface area contributed by atoms with Crippen LogP contribution in [0.25, 0.3) is 0 Å². The molecule has 7 nitrogen and oxygen atoms in total. The monoisotopic (exact) mass is 265 g/mol. The van der Waals surface area contributed by atoms with Gasteiger partial charge in [0.15, 0.2) is 5.69 Å². The second-order valence-electron chi connectivity index (χ2n) is 5.38. The molecular weight excluding hydrogens is 246 g/mol. The summed E-state index contributed by atoms with van der Waals surface area (Å²) in [5, 5.41) is 17.6. The summed E-state index contributed by atoms with van der Waals surface area (Å²) in [5.41, 5.74) is 5.82. The Bertz CT molecular complexity index is 460. The Hall–Kier alpha value is -1.47. The summed E-state index contributed by atoms with van der Waals surface area (Å²) in [6.45, 7) is 1.03. The molecule has 1 amide bonds. The van der Waals surface area contributed by atoms with Crippen molar-refractivity contribution < 1.29 is 9.90 Å². The smallest absolute Gasteiger partial charge is 0.276 e. The lowest BCUT2D eigenvalue weighted by Gasteiger charge is -2.36. The van der Waals surface area contributed by atoms with Crippen molar-refractivity contribution in [2.24, 2.45) is 5.73 Å². The lowest BCUT2D eigenvalue weighted by atomic mass is 9.99. The molecule has 3 N–H and O–H groups in total. The zero-order valence-corrected chi connectivity index (χ0v) is 10.8. The molecule has 19 heavy (non-hydrogen) atoms. The number of aromatic nitrogens is 3. The third-order valence-electron chi connectivity index (χ3n) is 4.06. The highest BCUT2D eigenvalue weighted by molar-refractivity contribution is 5.92. The van der Waals surface area contributed by atoms with Crippen molar-refractivity contribution in [1.29, 1.82) is 0 Å². The second-order valence-corrected chi connectivity index (χ2v) is 5.38. The average Bonchev–Trinajstić information content (AvgIpc) is 2.93. The number of aliphatic hydroxyl groups excluding tert-OH is 1. The summed E-state index contributed by atoms with van der Waals surface area (Å²) in [6.07, 6.45) is 4.70. The molecule has 2 atom stereocenters. The van der Waals surface area contributed by atoms with E-state index < -0.39 is 0 Å². The molecule has 3 heterocycles. The van der Waals surface area contributed by atoms with E-state index in [-0.39, 0.29) is 24.1 Å². The number of fused-ring (bicyclic) bond motifs is 2. The van der Waals surface area contributed by atoms with Crippen LogP contribution < -0.4 is 5.73 Å². The zero-order valence-electron chi connectivity index (χ0n) is 10.8. The number of piperidine rings is 1. The Kier molecular flexibility index (Phi) is 3.24. The molecule has 0 aliphatic carbocycles. The number of nitrogens with zero attached hydrogens (tertiary/aromatic N) is 4. The van der Waals surface area contributed by atoms with E-state index >= 15 is 0 Å². The fraction of sp³-hybridized carbons (Fsp3) is 0.750. The second kappa shape index (κ2) is 4.90. The minimum absolute atomic E-state index is 0.0670. The van der Waals surface area contributed by atoms with E-state index in [1.54, 1.807) is 10.9 Å². The summed E-state index contributed by atoms with van der Waals surface area (Å²) >= 11 is 0. The third kappa shape index (κ3) is 2.23. The Morgan fingerprint density at radius 1 is 1.42 bits per heavy atom. The van der Waals surface area contributed by atoms with Gasteiger partial charge in [0.1, 0.15) is 0 Å². The molecule has 0 saturated carbocycles. The number of amides is 1. The van der Waals surface area contributed by atoms with Gasteiger partial charge in [0.2, 0.25) is 0 Å². The van der Waals surface area contributed by atoms with Gasteiger partial charge in [-0.15, -0.1) is 5.10 Å². The van der Waals surface area contributed by atoms with Crippen LogP contribution in [0.15, 0.2) is 6.20 Å². The van der Waals surface area contributed by atoms with E-state index in [1.165, 1.54) is 0 Å². The molecule has 2 aliphatic heterocycles. The van der Waals surface area contributed by atoms with Crippen LogP contribution in [0.2, 0.25) is 0 Å². The quantitative estimate of drug-likeness (QED) is 0.758. The Balaban J connectivity index is 1.76. The first kappa shape index (κ1) is 12.6. The van der Waals surface area contributed by atoms with Crippen molar-refractivity contribution in [2.75, 3.05) is 6.54 Å². The van der Waals surface area contributed by atoms with E-state index in [0.717, 1.165) is 12.8 Å². The first-order valence-electron chi connectivity index (χ1n) is 6.80. The van der Waals surface area contributed by atoms with Crippen molar-refractivity contribution in [3.8, 4) is 0 Å². The van der Waals surface area contributed by atoms with Gasteiger partial charge in [-0.25, -0.2) is 0 Å². The highest BCUT2D eigenvalue weighted by atomic mass is 16.3. The van der Waals surface area contributed by atoms with Crippen molar-refractivity contribution in [3.63, 3.8) is 0 Å². The average molecular weight is 265 g/mol. The molecule has 7 heteroatoms. The first-order valence-corrected chi connectivity index (χ1v) is 6.80. The number of nitrogens with two attached hydrogens (primary N) is 1. The van der Waals surface area contributed by atoms with Gasteiger partial charge in [0.05, 0.1) is 18.8 Å². The molecule has 0 spiro atoms. The number of hydrogen-bond donors (Lipinski definition) is 2. The topological polar surface area (TPSA) is 97.3 Å². The minimum Gasteiger partial charge on any atom is -0.393 e. The van der Waals surface area contributed by atoms with Crippen LogP contribution >= 0.6 is 0 Å². The number of carbonyl (C=O) groups is 1. The molecule has 2 bridgehead atoms. The van der Waals surface area contributed by atoms with E-state index in [1.807, 2.05) is 4.90 Å². The van der Waals surface area contributed by atoms with Gasteiger partial charge in [0, 0.05) is 18.6 Å². The molecule has 0 aromatic carbocycles. The number of hydrogen-bond acceptors (Lipinski definition) is 5. The lowest BCUT2D eigenvalue weighted by molar-refractivity contribution is 0.0282. The van der Waals surface area contributed by atoms with E-state index in [4.69, 9.17) is 5.73 Å². The Morgan fingerprint density at radius 3 is 2.74 bits per heavy atom. The van der Waals surface area contributed by atoms with Gasteiger partial charge < -0.3 is 15.7 Å². The molecule has 104 valence electrons. The van der Waals surface area contributed by atoms with Crippen LogP contribution in [0.1, 0.15) is 36.2 Å². The van der Waals surface area contributed by atoms with Gasteiger partial charge in [0.25, 0.3) is 5.91 Å². The predicted octanol–water partition coefficient (Wildman–Crippen LogP) is -0.635. The highest BCUT2D eigenvalue weighted by Gasteiger charge is 2.43. The van der Waals surface area contributed by atoms with Crippen molar-refractivity contribution in [2.45, 2.75) is 50.4 Å². The number of aliphatic hydroxyl groups is 1. The van der Waals surface area contributed by atoms with Crippen LogP contribution in [0.4, 0.5) is 0 Å². The highest BCUT2D eigenvalue weighted by Crippen LogP contribution is 2.36. The molecule has 2 unspecified atom stereocenters. The standard InChI is InChI=1S/C12H19N5O2/c13-3-4-16-7-11(14-15-16)12(19)17-8-1-2-9(17)6-10(18)5-8/h7-10,18H,1-6,13H2. The summed E-state index contributed by atoms with van der Waals surface area (Å²) in [7, 11) is 0. The van der Waals surface area contributed by atoms with Crippen molar-refractivity contribution in [1.82, 2.24) is 19.9 Å². The third-order valence-corrected chi connectivity index (χ3v) is 4.06. The minimum atomic E-state index is -0.269. The first-order chi connectivity index (χ1) is 9.19. The van der Waals surface area contributed by atoms with Crippen LogP contribution in [-0.2, 0) is 6.54 Å². The molecule has 2 fully saturated rings. The van der Waals surface area contributed by atoms with Gasteiger partial charge in [-0.2, -0.15) is 0 Å². The Labute approximate surface area is 111 Å². The fourth-order valence-corrected chi connectivity index (χ4v) is 3.25. The maximum Gasteiger partial charge on any atom is 0.276 e. The summed E-state index contributed by atoms with van der Waals surface area (Å²) in [4.78, 5) is 14.4. The molecule has 3 rings (SSSR count). The SMILES string of the molecule is NCCn1cc(C(=O)N2C3CCC2CC(O)C3)nn1. The molecule has 2 aliphatic rings. The molecule has 0 radical (unpaired) electrons. The van der Waals surface area contributed by atoms with Gasteiger partial charge in [-0.1, -0.05) is 5.21 Å². The summed E-state index contributed by atoms with van der Waals surface area (Å²) in [6, 6.07) is 0.307. The number of carbonyl (C=O) groups excluding carboxylic acids is 1. The zero-order chi connectivity index (χ0) is 13.4. The lowest BCUT2D eigenvalue weighted by Crippen LogP contribution is -2.48. The van der Waals surface area contributed by atoms with Crippen LogP contribution in [0, 0.1) is 0 Å². The van der Waals surface area contributed by atoms with Gasteiger partial charge in [-0.3, -0.25) is 9.48 Å². The normalized spacial score (nSPS) is 29.8. The molecule has 2 saturated heterocycles. The predicted molar refractivity (Wildman–Crippen MR) is 67.3 cm³/mol. The van der Waals surface area contributed by atoms with Crippen molar-refractivity contribution in [3.05, 3.63) is 11.9 Å². The van der Waals surface area contributed by atoms with Gasteiger partial charge >= 0.3 is 0 Å². The fourth-order valence-electron chi connectivity index (χ4n) is 3.25. The summed E-state index contributed by atoms with van der Waals surface area (Å²) < 4.78 is 1.59. The maximum atomic E-state index is 12.5. The summed E-state index contributed by atoms with van der Waals surface area (Å²) in [5.74, 6) is -0.0670. The van der Waals surface area contributed by atoms with Crippen LogP contribution in [0.5, 0.6) is 0 Å². The molecule has 1 aromatic heterocycles. The number of rotatable bonds is 3. The largest absolute Gasteiger partial charge is 0.393 e. The van der Waals surface area contributed by atoms with E-state index in [9.17, 15) is 9.90 Å². The molecule has 1 aromatic rings. The van der Waals surface area contributed by atoms with E-state index in [0.29, 0.717) is 31.6 Å².